The fraction of sp³-hybridized carbons (Fsp3) is 0.562. The number of hydrogen-bond acceptors (Lipinski definition) is 2. The van der Waals surface area contributed by atoms with E-state index in [1.807, 2.05) is 32.0 Å². The van der Waals surface area contributed by atoms with Gasteiger partial charge in [0.1, 0.15) is 0 Å². The van der Waals surface area contributed by atoms with Gasteiger partial charge < -0.3 is 10.6 Å². The molecule has 0 fully saturated rings. The van der Waals surface area contributed by atoms with E-state index in [1.54, 1.807) is 0 Å². The van der Waals surface area contributed by atoms with Gasteiger partial charge in [0.05, 0.1) is 6.54 Å². The molecule has 0 saturated carbocycles. The van der Waals surface area contributed by atoms with Crippen molar-refractivity contribution in [1.82, 2.24) is 10.6 Å². The molecule has 0 aliphatic carbocycles. The Labute approximate surface area is 116 Å². The summed E-state index contributed by atoms with van der Waals surface area (Å²) in [6, 6.07) is 10.7. The van der Waals surface area contributed by atoms with E-state index in [9.17, 15) is 4.79 Å². The Balaban J connectivity index is 2.58. The van der Waals surface area contributed by atoms with Crippen LogP contribution in [-0.2, 0) is 4.79 Å². The predicted molar refractivity (Wildman–Crippen MR) is 79.9 cm³/mol. The van der Waals surface area contributed by atoms with Crippen LogP contribution in [0.25, 0.3) is 0 Å². The fourth-order valence-electron chi connectivity index (χ4n) is 2.08. The van der Waals surface area contributed by atoms with E-state index < -0.39 is 0 Å². The zero-order valence-corrected chi connectivity index (χ0v) is 12.4. The van der Waals surface area contributed by atoms with E-state index in [0.717, 1.165) is 6.42 Å². The van der Waals surface area contributed by atoms with E-state index in [0.29, 0.717) is 12.5 Å². The van der Waals surface area contributed by atoms with Gasteiger partial charge in [0.15, 0.2) is 0 Å². The number of benzene rings is 1. The molecule has 1 unspecified atom stereocenters. The summed E-state index contributed by atoms with van der Waals surface area (Å²) >= 11 is 0. The van der Waals surface area contributed by atoms with Crippen molar-refractivity contribution in [3.05, 3.63) is 35.9 Å². The third kappa shape index (κ3) is 6.39. The summed E-state index contributed by atoms with van der Waals surface area (Å²) in [5.74, 6) is 0.644. The molecular formula is C16H26N2O. The molecule has 0 aromatic heterocycles. The largest absolute Gasteiger partial charge is 0.353 e. The van der Waals surface area contributed by atoms with Crippen molar-refractivity contribution in [2.24, 2.45) is 5.92 Å². The van der Waals surface area contributed by atoms with Crippen LogP contribution in [0.5, 0.6) is 0 Å². The number of amides is 1. The minimum absolute atomic E-state index is 0.0553. The molecule has 0 radical (unpaired) electrons. The van der Waals surface area contributed by atoms with E-state index in [4.69, 9.17) is 0 Å². The molecule has 0 aliphatic heterocycles. The molecule has 1 atom stereocenters. The Bertz CT molecular complexity index is 374. The molecular weight excluding hydrogens is 236 g/mol. The molecule has 0 bridgehead atoms. The topological polar surface area (TPSA) is 41.1 Å². The maximum Gasteiger partial charge on any atom is 0.234 e. The summed E-state index contributed by atoms with van der Waals surface area (Å²) in [5, 5.41) is 6.26. The van der Waals surface area contributed by atoms with E-state index in [1.165, 1.54) is 5.56 Å². The maximum atomic E-state index is 11.7. The molecule has 0 spiro atoms. The fourth-order valence-corrected chi connectivity index (χ4v) is 2.08. The van der Waals surface area contributed by atoms with Crippen LogP contribution < -0.4 is 10.6 Å². The minimum atomic E-state index is 0.0553. The van der Waals surface area contributed by atoms with Crippen LogP contribution in [0.2, 0.25) is 0 Å². The van der Waals surface area contributed by atoms with Gasteiger partial charge in [-0.2, -0.15) is 0 Å². The normalized spacial score (nSPS) is 12.7. The lowest BCUT2D eigenvalue weighted by Crippen LogP contribution is -2.39. The summed E-state index contributed by atoms with van der Waals surface area (Å²) in [7, 11) is 0. The second-order valence-electron chi connectivity index (χ2n) is 5.70. The van der Waals surface area contributed by atoms with Gasteiger partial charge in [0, 0.05) is 12.1 Å². The average Bonchev–Trinajstić information content (AvgIpc) is 2.34. The van der Waals surface area contributed by atoms with E-state index >= 15 is 0 Å². The monoisotopic (exact) mass is 262 g/mol. The van der Waals surface area contributed by atoms with Gasteiger partial charge >= 0.3 is 0 Å². The molecule has 1 rings (SSSR count). The standard InChI is InChI=1S/C16H26N2O/c1-12(2)10-15(14-8-6-5-7-9-14)17-11-16(19)18-13(3)4/h5-9,12-13,15,17H,10-11H2,1-4H3,(H,18,19). The van der Waals surface area contributed by atoms with Crippen LogP contribution in [0, 0.1) is 5.92 Å². The van der Waals surface area contributed by atoms with E-state index in [2.05, 4.69) is 36.6 Å². The molecule has 106 valence electrons. The van der Waals surface area contributed by atoms with Crippen LogP contribution in [0.15, 0.2) is 30.3 Å². The molecule has 0 saturated heterocycles. The lowest BCUT2D eigenvalue weighted by atomic mass is 9.97. The Morgan fingerprint density at radius 2 is 1.74 bits per heavy atom. The summed E-state index contributed by atoms with van der Waals surface area (Å²) in [4.78, 5) is 11.7. The second-order valence-corrected chi connectivity index (χ2v) is 5.70. The quantitative estimate of drug-likeness (QED) is 0.793. The molecule has 0 heterocycles. The van der Waals surface area contributed by atoms with Crippen molar-refractivity contribution in [3.8, 4) is 0 Å². The molecule has 1 aromatic carbocycles. The summed E-state index contributed by atoms with van der Waals surface area (Å²) < 4.78 is 0. The molecule has 3 nitrogen and oxygen atoms in total. The predicted octanol–water partition coefficient (Wildman–Crippen LogP) is 2.89. The molecule has 2 N–H and O–H groups in total. The Kier molecular flexibility index (Phi) is 6.57. The first-order valence-electron chi connectivity index (χ1n) is 7.06. The van der Waals surface area contributed by atoms with Crippen LogP contribution in [0.3, 0.4) is 0 Å². The van der Waals surface area contributed by atoms with Crippen LogP contribution >= 0.6 is 0 Å². The molecule has 19 heavy (non-hydrogen) atoms. The minimum Gasteiger partial charge on any atom is -0.353 e. The van der Waals surface area contributed by atoms with Gasteiger partial charge in [-0.05, 0) is 31.7 Å². The Morgan fingerprint density at radius 1 is 1.11 bits per heavy atom. The van der Waals surface area contributed by atoms with Gasteiger partial charge in [-0.25, -0.2) is 0 Å². The number of nitrogens with one attached hydrogen (secondary N) is 2. The summed E-state index contributed by atoms with van der Waals surface area (Å²) in [6.45, 7) is 8.71. The number of carbonyl (C=O) groups is 1. The first-order valence-corrected chi connectivity index (χ1v) is 7.06. The Morgan fingerprint density at radius 3 is 2.26 bits per heavy atom. The average molecular weight is 262 g/mol. The van der Waals surface area contributed by atoms with Gasteiger partial charge in [-0.1, -0.05) is 44.2 Å². The molecule has 1 amide bonds. The van der Waals surface area contributed by atoms with Gasteiger partial charge in [0.2, 0.25) is 5.91 Å². The highest BCUT2D eigenvalue weighted by Crippen LogP contribution is 2.20. The number of rotatable bonds is 7. The smallest absolute Gasteiger partial charge is 0.234 e. The van der Waals surface area contributed by atoms with Crippen molar-refractivity contribution in [1.29, 1.82) is 0 Å². The SMILES string of the molecule is CC(C)CC(NCC(=O)NC(C)C)c1ccccc1. The molecule has 3 heteroatoms. The summed E-state index contributed by atoms with van der Waals surface area (Å²) in [5.41, 5.74) is 1.24. The van der Waals surface area contributed by atoms with Gasteiger partial charge in [-0.15, -0.1) is 0 Å². The van der Waals surface area contributed by atoms with E-state index in [-0.39, 0.29) is 18.0 Å². The van der Waals surface area contributed by atoms with Crippen LogP contribution in [0.1, 0.15) is 45.7 Å². The number of carbonyl (C=O) groups excluding carboxylic acids is 1. The lowest BCUT2D eigenvalue weighted by molar-refractivity contribution is -0.120. The summed E-state index contributed by atoms with van der Waals surface area (Å²) in [6.07, 6.45) is 1.03. The Hall–Kier alpha value is -1.35. The first kappa shape index (κ1) is 15.7. The number of hydrogen-bond donors (Lipinski definition) is 2. The molecule has 0 aliphatic rings. The van der Waals surface area contributed by atoms with Crippen LogP contribution in [0.4, 0.5) is 0 Å². The van der Waals surface area contributed by atoms with Crippen LogP contribution in [-0.4, -0.2) is 18.5 Å². The highest BCUT2D eigenvalue weighted by atomic mass is 16.1. The van der Waals surface area contributed by atoms with Gasteiger partial charge in [0.25, 0.3) is 0 Å². The second kappa shape index (κ2) is 7.95. The third-order valence-corrected chi connectivity index (χ3v) is 2.87. The van der Waals surface area contributed by atoms with Crippen molar-refractivity contribution in [2.45, 2.75) is 46.2 Å². The molecule has 1 aromatic rings. The van der Waals surface area contributed by atoms with Crippen molar-refractivity contribution >= 4 is 5.91 Å². The maximum absolute atomic E-state index is 11.7. The van der Waals surface area contributed by atoms with Gasteiger partial charge in [-0.3, -0.25) is 4.79 Å². The van der Waals surface area contributed by atoms with Crippen molar-refractivity contribution in [2.75, 3.05) is 6.54 Å². The lowest BCUT2D eigenvalue weighted by Gasteiger charge is -2.21. The zero-order valence-electron chi connectivity index (χ0n) is 12.4. The highest BCUT2D eigenvalue weighted by molar-refractivity contribution is 5.78. The first-order chi connectivity index (χ1) is 8.99. The highest BCUT2D eigenvalue weighted by Gasteiger charge is 2.14. The zero-order chi connectivity index (χ0) is 14.3. The van der Waals surface area contributed by atoms with Crippen molar-refractivity contribution < 1.29 is 4.79 Å². The van der Waals surface area contributed by atoms with Crippen molar-refractivity contribution in [3.63, 3.8) is 0 Å². The third-order valence-electron chi connectivity index (χ3n) is 2.87.